The lowest BCUT2D eigenvalue weighted by molar-refractivity contribution is -0.135. The fraction of sp³-hybridized carbons (Fsp3) is 0.538. The Morgan fingerprint density at radius 1 is 1.10 bits per heavy atom. The molecule has 0 radical (unpaired) electrons. The van der Waals surface area contributed by atoms with Crippen molar-refractivity contribution in [3.63, 3.8) is 0 Å². The first kappa shape index (κ1) is 16.8. The monoisotopic (exact) mass is 299 g/mol. The van der Waals surface area contributed by atoms with E-state index in [1.165, 1.54) is 0 Å². The third-order valence-corrected chi connectivity index (χ3v) is 2.84. The van der Waals surface area contributed by atoms with Crippen molar-refractivity contribution >= 4 is 0 Å². The Labute approximate surface area is 113 Å². The van der Waals surface area contributed by atoms with Gasteiger partial charge in [0.1, 0.15) is 0 Å². The fourth-order valence-electron chi connectivity index (χ4n) is 1.93. The maximum atomic E-state index is 13.6. The lowest BCUT2D eigenvalue weighted by Gasteiger charge is -2.19. The van der Waals surface area contributed by atoms with Gasteiger partial charge >= 0.3 is 6.18 Å². The SMILES string of the molecule is CCNC(CCCC(F)(F)F)c1ccc(F)c(F)c1F. The van der Waals surface area contributed by atoms with Gasteiger partial charge in [0, 0.05) is 18.0 Å². The highest BCUT2D eigenvalue weighted by Gasteiger charge is 2.27. The summed E-state index contributed by atoms with van der Waals surface area (Å²) in [6.45, 7) is 2.06. The van der Waals surface area contributed by atoms with E-state index in [1.54, 1.807) is 6.92 Å². The van der Waals surface area contributed by atoms with Gasteiger partial charge in [-0.3, -0.25) is 0 Å². The molecule has 0 aliphatic heterocycles. The summed E-state index contributed by atoms with van der Waals surface area (Å²) in [4.78, 5) is 0. The molecule has 0 bridgehead atoms. The van der Waals surface area contributed by atoms with Crippen LogP contribution in [0.1, 0.15) is 37.8 Å². The number of benzene rings is 1. The number of nitrogens with one attached hydrogen (secondary N) is 1. The fourth-order valence-corrected chi connectivity index (χ4v) is 1.93. The van der Waals surface area contributed by atoms with Gasteiger partial charge in [-0.2, -0.15) is 13.2 Å². The summed E-state index contributed by atoms with van der Waals surface area (Å²) in [6, 6.07) is 1.04. The van der Waals surface area contributed by atoms with Crippen LogP contribution in [0.15, 0.2) is 12.1 Å². The Bertz CT molecular complexity index is 443. The maximum Gasteiger partial charge on any atom is 0.389 e. The minimum atomic E-state index is -4.29. The molecular weight excluding hydrogens is 284 g/mol. The van der Waals surface area contributed by atoms with Crippen LogP contribution in [-0.2, 0) is 0 Å². The van der Waals surface area contributed by atoms with E-state index in [9.17, 15) is 26.3 Å². The highest BCUT2D eigenvalue weighted by molar-refractivity contribution is 5.23. The zero-order valence-corrected chi connectivity index (χ0v) is 10.8. The van der Waals surface area contributed by atoms with E-state index in [4.69, 9.17) is 0 Å². The van der Waals surface area contributed by atoms with Gasteiger partial charge in [-0.05, 0) is 25.5 Å². The lowest BCUT2D eigenvalue weighted by Crippen LogP contribution is -2.23. The van der Waals surface area contributed by atoms with Crippen LogP contribution in [0.5, 0.6) is 0 Å². The van der Waals surface area contributed by atoms with Gasteiger partial charge in [-0.15, -0.1) is 0 Å². The molecule has 1 rings (SSSR count). The van der Waals surface area contributed by atoms with Crippen molar-refractivity contribution in [1.29, 1.82) is 0 Å². The van der Waals surface area contributed by atoms with Gasteiger partial charge in [0.05, 0.1) is 0 Å². The molecule has 0 aliphatic carbocycles. The van der Waals surface area contributed by atoms with E-state index in [2.05, 4.69) is 5.32 Å². The highest BCUT2D eigenvalue weighted by atomic mass is 19.4. The molecule has 1 unspecified atom stereocenters. The van der Waals surface area contributed by atoms with Gasteiger partial charge < -0.3 is 5.32 Å². The molecule has 0 saturated heterocycles. The second-order valence-corrected chi connectivity index (χ2v) is 4.38. The predicted molar refractivity (Wildman–Crippen MR) is 62.6 cm³/mol. The number of rotatable bonds is 6. The van der Waals surface area contributed by atoms with Crippen LogP contribution >= 0.6 is 0 Å². The van der Waals surface area contributed by atoms with Crippen LogP contribution < -0.4 is 5.32 Å². The first-order valence-corrected chi connectivity index (χ1v) is 6.19. The van der Waals surface area contributed by atoms with Crippen LogP contribution in [0.4, 0.5) is 26.3 Å². The molecule has 7 heteroatoms. The summed E-state index contributed by atoms with van der Waals surface area (Å²) < 4.78 is 75.9. The molecule has 0 aliphatic rings. The largest absolute Gasteiger partial charge is 0.389 e. The molecule has 1 aromatic carbocycles. The first-order valence-electron chi connectivity index (χ1n) is 6.19. The van der Waals surface area contributed by atoms with Gasteiger partial charge in [0.25, 0.3) is 0 Å². The summed E-state index contributed by atoms with van der Waals surface area (Å²) in [5.41, 5.74) is -0.159. The second kappa shape index (κ2) is 6.97. The second-order valence-electron chi connectivity index (χ2n) is 4.38. The molecule has 1 aromatic rings. The quantitative estimate of drug-likeness (QED) is 0.603. The number of halogens is 6. The van der Waals surface area contributed by atoms with Gasteiger partial charge in [-0.25, -0.2) is 13.2 Å². The average molecular weight is 299 g/mol. The Morgan fingerprint density at radius 3 is 2.30 bits per heavy atom. The average Bonchev–Trinajstić information content (AvgIpc) is 2.34. The van der Waals surface area contributed by atoms with Crippen LogP contribution in [-0.4, -0.2) is 12.7 Å². The predicted octanol–water partition coefficient (Wildman–Crippen LogP) is 4.49. The highest BCUT2D eigenvalue weighted by Crippen LogP contribution is 2.28. The van der Waals surface area contributed by atoms with Crippen LogP contribution in [0.25, 0.3) is 0 Å². The Morgan fingerprint density at radius 2 is 1.75 bits per heavy atom. The van der Waals surface area contributed by atoms with Crippen molar-refractivity contribution in [1.82, 2.24) is 5.32 Å². The van der Waals surface area contributed by atoms with Crippen molar-refractivity contribution in [3.05, 3.63) is 35.1 Å². The molecule has 1 atom stereocenters. The van der Waals surface area contributed by atoms with Crippen molar-refractivity contribution in [2.24, 2.45) is 0 Å². The molecule has 114 valence electrons. The molecule has 0 fully saturated rings. The van der Waals surface area contributed by atoms with E-state index < -0.39 is 36.1 Å². The standard InChI is InChI=1S/C13H15F6N/c1-2-20-10(4-3-7-13(17,18)19)8-5-6-9(14)12(16)11(8)15/h5-6,10,20H,2-4,7H2,1H3. The Hall–Kier alpha value is -1.24. The van der Waals surface area contributed by atoms with E-state index in [0.717, 1.165) is 12.1 Å². The molecule has 0 heterocycles. The summed E-state index contributed by atoms with van der Waals surface area (Å²) >= 11 is 0. The van der Waals surface area contributed by atoms with Crippen molar-refractivity contribution < 1.29 is 26.3 Å². The van der Waals surface area contributed by atoms with Crippen LogP contribution in [0.2, 0.25) is 0 Å². The van der Waals surface area contributed by atoms with Gasteiger partial charge in [0.15, 0.2) is 17.5 Å². The summed E-state index contributed by atoms with van der Waals surface area (Å²) in [6.07, 6.45) is -5.53. The van der Waals surface area contributed by atoms with E-state index in [0.29, 0.717) is 6.54 Å². The molecule has 1 N–H and O–H groups in total. The molecule has 20 heavy (non-hydrogen) atoms. The molecule has 0 aromatic heterocycles. The smallest absolute Gasteiger partial charge is 0.310 e. The maximum absolute atomic E-state index is 13.6. The third kappa shape index (κ3) is 4.70. The molecule has 0 amide bonds. The summed E-state index contributed by atoms with van der Waals surface area (Å²) in [5.74, 6) is -4.29. The molecule has 0 saturated carbocycles. The van der Waals surface area contributed by atoms with Gasteiger partial charge in [-0.1, -0.05) is 13.0 Å². The van der Waals surface area contributed by atoms with Crippen molar-refractivity contribution in [2.75, 3.05) is 6.54 Å². The van der Waals surface area contributed by atoms with E-state index in [1.807, 2.05) is 0 Å². The minimum absolute atomic E-state index is 0.0185. The Kier molecular flexibility index (Phi) is 5.86. The summed E-state index contributed by atoms with van der Waals surface area (Å²) in [7, 11) is 0. The zero-order chi connectivity index (χ0) is 15.3. The van der Waals surface area contributed by atoms with Crippen molar-refractivity contribution in [2.45, 2.75) is 38.4 Å². The normalized spacial score (nSPS) is 13.6. The molecular formula is C13H15F6N. The van der Waals surface area contributed by atoms with Crippen LogP contribution in [0, 0.1) is 17.5 Å². The first-order chi connectivity index (χ1) is 9.26. The topological polar surface area (TPSA) is 12.0 Å². The minimum Gasteiger partial charge on any atom is -0.310 e. The molecule has 0 spiro atoms. The lowest BCUT2D eigenvalue weighted by atomic mass is 10.00. The summed E-state index contributed by atoms with van der Waals surface area (Å²) in [5, 5.41) is 2.78. The molecule has 1 nitrogen and oxygen atoms in total. The van der Waals surface area contributed by atoms with E-state index >= 15 is 0 Å². The van der Waals surface area contributed by atoms with Gasteiger partial charge in [0.2, 0.25) is 0 Å². The number of alkyl halides is 3. The van der Waals surface area contributed by atoms with E-state index in [-0.39, 0.29) is 18.4 Å². The van der Waals surface area contributed by atoms with Crippen molar-refractivity contribution in [3.8, 4) is 0 Å². The third-order valence-electron chi connectivity index (χ3n) is 2.84. The Balaban J connectivity index is 2.83. The number of hydrogen-bond donors (Lipinski definition) is 1. The number of hydrogen-bond acceptors (Lipinski definition) is 1. The zero-order valence-electron chi connectivity index (χ0n) is 10.8. The van der Waals surface area contributed by atoms with Crippen LogP contribution in [0.3, 0.4) is 0 Å².